The Bertz CT molecular complexity index is 764. The Kier molecular flexibility index (Phi) is 13.0. The molecule has 1 aromatic carbocycles. The number of nitrogens with one attached hydrogen (secondary N) is 1. The van der Waals surface area contributed by atoms with Gasteiger partial charge in [-0.3, -0.25) is 19.2 Å². The number of rotatable bonds is 17. The lowest BCUT2D eigenvalue weighted by Crippen LogP contribution is -2.34. The minimum absolute atomic E-state index is 0.0155. The van der Waals surface area contributed by atoms with Gasteiger partial charge < -0.3 is 25.0 Å². The van der Waals surface area contributed by atoms with Gasteiger partial charge in [0.25, 0.3) is 0 Å². The van der Waals surface area contributed by atoms with E-state index in [1.54, 1.807) is 30.3 Å². The Balaban J connectivity index is 2.20. The van der Waals surface area contributed by atoms with Crippen molar-refractivity contribution in [3.05, 3.63) is 35.9 Å². The second-order valence-corrected chi connectivity index (χ2v) is 7.04. The van der Waals surface area contributed by atoms with Crippen molar-refractivity contribution >= 4 is 29.6 Å². The summed E-state index contributed by atoms with van der Waals surface area (Å²) >= 11 is 0. The van der Waals surface area contributed by atoms with Gasteiger partial charge in [0.05, 0.1) is 24.5 Å². The van der Waals surface area contributed by atoms with Crippen molar-refractivity contribution in [1.82, 2.24) is 5.32 Å². The average Bonchev–Trinajstić information content (AvgIpc) is 2.74. The topological polar surface area (TPSA) is 156 Å². The fourth-order valence-corrected chi connectivity index (χ4v) is 2.77. The third kappa shape index (κ3) is 12.4. The first-order valence-corrected chi connectivity index (χ1v) is 10.3. The Hall–Kier alpha value is -3.27. The number of hydrogen-bond acceptors (Lipinski definition) is 7. The molecular formula is C22H29NO9. The summed E-state index contributed by atoms with van der Waals surface area (Å²) in [4.78, 5) is 57.4. The van der Waals surface area contributed by atoms with E-state index < -0.39 is 36.2 Å². The first-order chi connectivity index (χ1) is 15.3. The summed E-state index contributed by atoms with van der Waals surface area (Å²) < 4.78 is 10.4. The summed E-state index contributed by atoms with van der Waals surface area (Å²) in [5.74, 6) is -4.56. The lowest BCUT2D eigenvalue weighted by Gasteiger charge is -2.14. The predicted molar refractivity (Wildman–Crippen MR) is 112 cm³/mol. The number of ketones is 1. The molecule has 0 bridgehead atoms. The molecule has 0 saturated carbocycles. The maximum Gasteiger partial charge on any atom is 0.338 e. The first-order valence-electron chi connectivity index (χ1n) is 10.3. The molecule has 1 atom stereocenters. The monoisotopic (exact) mass is 451 g/mol. The second kappa shape index (κ2) is 15.5. The molecule has 0 spiro atoms. The minimum atomic E-state index is -1.20. The minimum Gasteiger partial charge on any atom is -0.481 e. The summed E-state index contributed by atoms with van der Waals surface area (Å²) in [7, 11) is 0. The Morgan fingerprint density at radius 3 is 2.22 bits per heavy atom. The quantitative estimate of drug-likeness (QED) is 0.237. The molecule has 1 rings (SSSR count). The van der Waals surface area contributed by atoms with Gasteiger partial charge in [0.2, 0.25) is 5.91 Å². The molecule has 0 aliphatic rings. The number of hydrogen-bond donors (Lipinski definition) is 3. The highest BCUT2D eigenvalue weighted by Gasteiger charge is 2.24. The van der Waals surface area contributed by atoms with E-state index in [1.165, 1.54) is 0 Å². The number of ether oxygens (including phenoxy) is 2. The van der Waals surface area contributed by atoms with Crippen molar-refractivity contribution in [1.29, 1.82) is 0 Å². The van der Waals surface area contributed by atoms with Crippen LogP contribution in [0, 0.1) is 5.92 Å². The van der Waals surface area contributed by atoms with Gasteiger partial charge in [-0.2, -0.15) is 0 Å². The molecule has 0 aliphatic heterocycles. The zero-order valence-corrected chi connectivity index (χ0v) is 17.8. The van der Waals surface area contributed by atoms with Crippen molar-refractivity contribution in [2.45, 2.75) is 38.5 Å². The van der Waals surface area contributed by atoms with E-state index in [-0.39, 0.29) is 51.2 Å². The highest BCUT2D eigenvalue weighted by atomic mass is 16.6. The Labute approximate surface area is 185 Å². The van der Waals surface area contributed by atoms with E-state index in [0.717, 1.165) is 0 Å². The van der Waals surface area contributed by atoms with Crippen LogP contribution in [-0.2, 0) is 28.7 Å². The van der Waals surface area contributed by atoms with Gasteiger partial charge in [-0.15, -0.1) is 0 Å². The van der Waals surface area contributed by atoms with Crippen LogP contribution in [-0.4, -0.2) is 66.2 Å². The van der Waals surface area contributed by atoms with E-state index >= 15 is 0 Å². The Morgan fingerprint density at radius 1 is 0.844 bits per heavy atom. The number of aliphatic carboxylic acids is 2. The van der Waals surface area contributed by atoms with Crippen molar-refractivity contribution in [3.63, 3.8) is 0 Å². The molecule has 10 heteroatoms. The number of Topliss-reactive ketones (excluding diaryl/α,β-unsaturated/α-hetero) is 1. The van der Waals surface area contributed by atoms with Gasteiger partial charge >= 0.3 is 17.9 Å². The molecular weight excluding hydrogens is 422 g/mol. The van der Waals surface area contributed by atoms with Crippen molar-refractivity contribution < 1.29 is 43.7 Å². The van der Waals surface area contributed by atoms with Crippen LogP contribution in [0.5, 0.6) is 0 Å². The fourth-order valence-electron chi connectivity index (χ4n) is 2.77. The average molecular weight is 451 g/mol. The van der Waals surface area contributed by atoms with Gasteiger partial charge in [0.1, 0.15) is 12.4 Å². The Morgan fingerprint density at radius 2 is 1.56 bits per heavy atom. The SMILES string of the molecule is O=C(O)CCCC(=O)CC(CC(=O)O)C(=O)NCCCOCCOC(=O)c1ccccc1. The predicted octanol–water partition coefficient (Wildman–Crippen LogP) is 1.67. The molecule has 10 nitrogen and oxygen atoms in total. The van der Waals surface area contributed by atoms with E-state index in [2.05, 4.69) is 5.32 Å². The van der Waals surface area contributed by atoms with Crippen molar-refractivity contribution in [2.24, 2.45) is 5.92 Å². The van der Waals surface area contributed by atoms with Gasteiger partial charge in [-0.25, -0.2) is 4.79 Å². The van der Waals surface area contributed by atoms with E-state index in [9.17, 15) is 24.0 Å². The smallest absolute Gasteiger partial charge is 0.338 e. The number of carboxylic acid groups (broad SMARTS) is 2. The molecule has 1 aromatic rings. The number of amides is 1. The van der Waals surface area contributed by atoms with Gasteiger partial charge in [0, 0.05) is 32.4 Å². The summed E-state index contributed by atoms with van der Waals surface area (Å²) in [6.45, 7) is 0.802. The van der Waals surface area contributed by atoms with Crippen LogP contribution in [0.4, 0.5) is 0 Å². The highest BCUT2D eigenvalue weighted by Crippen LogP contribution is 2.13. The van der Waals surface area contributed by atoms with E-state index in [1.807, 2.05) is 0 Å². The number of carbonyl (C=O) groups is 5. The van der Waals surface area contributed by atoms with Crippen LogP contribution >= 0.6 is 0 Å². The second-order valence-electron chi connectivity index (χ2n) is 7.04. The summed E-state index contributed by atoms with van der Waals surface area (Å²) in [6.07, 6.45) is -0.315. The molecule has 0 aromatic heterocycles. The normalized spacial score (nSPS) is 11.4. The molecule has 176 valence electrons. The largest absolute Gasteiger partial charge is 0.481 e. The summed E-state index contributed by atoms with van der Waals surface area (Å²) in [5.41, 5.74) is 0.450. The zero-order chi connectivity index (χ0) is 23.8. The molecule has 0 aliphatic carbocycles. The molecule has 0 heterocycles. The van der Waals surface area contributed by atoms with Crippen LogP contribution in [0.2, 0.25) is 0 Å². The lowest BCUT2D eigenvalue weighted by atomic mass is 9.95. The maximum absolute atomic E-state index is 12.2. The zero-order valence-electron chi connectivity index (χ0n) is 17.8. The number of carbonyl (C=O) groups excluding carboxylic acids is 3. The highest BCUT2D eigenvalue weighted by molar-refractivity contribution is 5.90. The van der Waals surface area contributed by atoms with Crippen LogP contribution in [0.1, 0.15) is 48.9 Å². The molecule has 3 N–H and O–H groups in total. The van der Waals surface area contributed by atoms with Crippen LogP contribution in [0.15, 0.2) is 30.3 Å². The standard InChI is InChI=1S/C22H29NO9/c24-18(8-4-9-19(25)26)14-17(15-20(27)28)21(29)23-10-5-11-31-12-13-32-22(30)16-6-2-1-3-7-16/h1-3,6-7,17H,4-5,8-15H2,(H,23,29)(H,25,26)(H,27,28). The van der Waals surface area contributed by atoms with E-state index in [0.29, 0.717) is 18.6 Å². The molecule has 0 saturated heterocycles. The van der Waals surface area contributed by atoms with Crippen LogP contribution < -0.4 is 5.32 Å². The van der Waals surface area contributed by atoms with E-state index in [4.69, 9.17) is 19.7 Å². The maximum atomic E-state index is 12.2. The van der Waals surface area contributed by atoms with Crippen molar-refractivity contribution in [2.75, 3.05) is 26.4 Å². The third-order valence-electron chi connectivity index (χ3n) is 4.35. The number of carboxylic acids is 2. The number of benzene rings is 1. The summed E-state index contributed by atoms with van der Waals surface area (Å²) in [5, 5.41) is 20.1. The van der Waals surface area contributed by atoms with Crippen LogP contribution in [0.25, 0.3) is 0 Å². The molecule has 1 unspecified atom stereocenters. The molecule has 0 fully saturated rings. The van der Waals surface area contributed by atoms with Crippen molar-refractivity contribution in [3.8, 4) is 0 Å². The van der Waals surface area contributed by atoms with Crippen LogP contribution in [0.3, 0.4) is 0 Å². The summed E-state index contributed by atoms with van der Waals surface area (Å²) in [6, 6.07) is 8.55. The first kappa shape index (κ1) is 26.8. The number of esters is 1. The molecule has 1 amide bonds. The molecule has 32 heavy (non-hydrogen) atoms. The van der Waals surface area contributed by atoms with Gasteiger partial charge in [-0.05, 0) is 25.0 Å². The molecule has 0 radical (unpaired) electrons. The lowest BCUT2D eigenvalue weighted by molar-refractivity contribution is -0.141. The van der Waals surface area contributed by atoms with Gasteiger partial charge in [0.15, 0.2) is 0 Å². The van der Waals surface area contributed by atoms with Gasteiger partial charge in [-0.1, -0.05) is 18.2 Å². The third-order valence-corrected chi connectivity index (χ3v) is 4.35. The fraction of sp³-hybridized carbons (Fsp3) is 0.500.